The summed E-state index contributed by atoms with van der Waals surface area (Å²) in [5.74, 6) is 0.735. The summed E-state index contributed by atoms with van der Waals surface area (Å²) in [6.07, 6.45) is 5.88. The van der Waals surface area contributed by atoms with Gasteiger partial charge in [-0.3, -0.25) is 0 Å². The van der Waals surface area contributed by atoms with Crippen molar-refractivity contribution in [1.29, 1.82) is 0 Å². The van der Waals surface area contributed by atoms with Gasteiger partial charge in [-0.1, -0.05) is 20.8 Å². The van der Waals surface area contributed by atoms with E-state index in [2.05, 4.69) is 33.0 Å². The van der Waals surface area contributed by atoms with Gasteiger partial charge in [0.2, 0.25) is 0 Å². The molecule has 1 aliphatic rings. The summed E-state index contributed by atoms with van der Waals surface area (Å²) >= 11 is 0. The van der Waals surface area contributed by atoms with Gasteiger partial charge < -0.3 is 10.1 Å². The number of hydrogen-bond acceptors (Lipinski definition) is 2. The van der Waals surface area contributed by atoms with Crippen LogP contribution in [-0.4, -0.2) is 24.8 Å². The van der Waals surface area contributed by atoms with Gasteiger partial charge in [0.05, 0.1) is 12.2 Å². The van der Waals surface area contributed by atoms with Crippen LogP contribution >= 0.6 is 0 Å². The molecule has 1 rings (SSSR count). The molecule has 3 unspecified atom stereocenters. The van der Waals surface area contributed by atoms with Crippen LogP contribution in [0.4, 0.5) is 0 Å². The molecule has 0 aromatic carbocycles. The van der Waals surface area contributed by atoms with Crippen molar-refractivity contribution in [3.05, 3.63) is 0 Å². The van der Waals surface area contributed by atoms with E-state index < -0.39 is 0 Å². The van der Waals surface area contributed by atoms with Crippen molar-refractivity contribution in [3.8, 4) is 0 Å². The van der Waals surface area contributed by atoms with Gasteiger partial charge in [0.25, 0.3) is 0 Å². The smallest absolute Gasteiger partial charge is 0.0731 e. The highest BCUT2D eigenvalue weighted by Crippen LogP contribution is 2.24. The Morgan fingerprint density at radius 1 is 1.27 bits per heavy atom. The molecule has 0 saturated heterocycles. The van der Waals surface area contributed by atoms with Crippen molar-refractivity contribution in [2.24, 2.45) is 5.92 Å². The van der Waals surface area contributed by atoms with Crippen LogP contribution in [0.15, 0.2) is 0 Å². The fourth-order valence-corrected chi connectivity index (χ4v) is 2.60. The molecule has 1 aliphatic carbocycles. The molecule has 2 nitrogen and oxygen atoms in total. The number of ether oxygens (including phenoxy) is 1. The van der Waals surface area contributed by atoms with E-state index in [1.165, 1.54) is 25.7 Å². The molecule has 0 spiro atoms. The Morgan fingerprint density at radius 2 is 2.00 bits per heavy atom. The maximum Gasteiger partial charge on any atom is 0.0731 e. The monoisotopic (exact) mass is 213 g/mol. The van der Waals surface area contributed by atoms with E-state index in [4.69, 9.17) is 4.74 Å². The molecule has 0 aromatic heterocycles. The second-order valence-corrected chi connectivity index (χ2v) is 5.21. The van der Waals surface area contributed by atoms with Crippen LogP contribution in [-0.2, 0) is 4.74 Å². The van der Waals surface area contributed by atoms with Gasteiger partial charge >= 0.3 is 0 Å². The van der Waals surface area contributed by atoms with Gasteiger partial charge in [-0.2, -0.15) is 0 Å². The molecule has 2 heteroatoms. The van der Waals surface area contributed by atoms with Crippen LogP contribution in [0.3, 0.4) is 0 Å². The third kappa shape index (κ3) is 4.52. The molecule has 15 heavy (non-hydrogen) atoms. The van der Waals surface area contributed by atoms with E-state index in [-0.39, 0.29) is 0 Å². The lowest BCUT2D eigenvalue weighted by Crippen LogP contribution is -2.38. The summed E-state index contributed by atoms with van der Waals surface area (Å²) in [4.78, 5) is 0. The highest BCUT2D eigenvalue weighted by Gasteiger charge is 2.28. The predicted octanol–water partition coefficient (Wildman–Crippen LogP) is 2.97. The summed E-state index contributed by atoms with van der Waals surface area (Å²) < 4.78 is 6.12. The standard InChI is InChI=1S/C13H27NO/c1-5-14-12-7-6-8-13(12)15-11(4)9-10(2)3/h10-14H,5-9H2,1-4H3. The molecule has 3 atom stereocenters. The average Bonchev–Trinajstić information content (AvgIpc) is 2.52. The molecule has 1 fully saturated rings. The molecule has 0 amide bonds. The molecule has 1 saturated carbocycles. The Hall–Kier alpha value is -0.0800. The summed E-state index contributed by atoms with van der Waals surface area (Å²) in [6, 6.07) is 0.601. The summed E-state index contributed by atoms with van der Waals surface area (Å²) in [5.41, 5.74) is 0. The van der Waals surface area contributed by atoms with Crippen molar-refractivity contribution < 1.29 is 4.74 Å². The van der Waals surface area contributed by atoms with Crippen molar-refractivity contribution in [3.63, 3.8) is 0 Å². The van der Waals surface area contributed by atoms with E-state index in [1.54, 1.807) is 0 Å². The van der Waals surface area contributed by atoms with E-state index >= 15 is 0 Å². The summed E-state index contributed by atoms with van der Waals surface area (Å²) in [7, 11) is 0. The Balaban J connectivity index is 2.29. The topological polar surface area (TPSA) is 21.3 Å². The summed E-state index contributed by atoms with van der Waals surface area (Å²) in [5, 5.41) is 3.53. The van der Waals surface area contributed by atoms with Crippen molar-refractivity contribution >= 4 is 0 Å². The fraction of sp³-hybridized carbons (Fsp3) is 1.00. The zero-order valence-electron chi connectivity index (χ0n) is 10.8. The van der Waals surface area contributed by atoms with Gasteiger partial charge in [0, 0.05) is 6.04 Å². The van der Waals surface area contributed by atoms with Gasteiger partial charge in [0.15, 0.2) is 0 Å². The van der Waals surface area contributed by atoms with Gasteiger partial charge in [-0.15, -0.1) is 0 Å². The lowest BCUT2D eigenvalue weighted by atomic mass is 10.1. The molecule has 1 N–H and O–H groups in total. The normalized spacial score (nSPS) is 28.6. The largest absolute Gasteiger partial charge is 0.374 e. The van der Waals surface area contributed by atoms with Gasteiger partial charge in [-0.05, 0) is 45.1 Å². The first-order chi connectivity index (χ1) is 7.13. The quantitative estimate of drug-likeness (QED) is 0.732. The SMILES string of the molecule is CCNC1CCCC1OC(C)CC(C)C. The molecule has 0 bridgehead atoms. The average molecular weight is 213 g/mol. The zero-order valence-corrected chi connectivity index (χ0v) is 10.8. The second kappa shape index (κ2) is 6.49. The molecular weight excluding hydrogens is 186 g/mol. The Labute approximate surface area is 94.8 Å². The minimum Gasteiger partial charge on any atom is -0.374 e. The predicted molar refractivity (Wildman–Crippen MR) is 65.1 cm³/mol. The maximum absolute atomic E-state index is 6.12. The van der Waals surface area contributed by atoms with Crippen molar-refractivity contribution in [1.82, 2.24) is 5.32 Å². The minimum absolute atomic E-state index is 0.411. The van der Waals surface area contributed by atoms with E-state index in [1.807, 2.05) is 0 Å². The molecule has 0 heterocycles. The fourth-order valence-electron chi connectivity index (χ4n) is 2.60. The first-order valence-electron chi connectivity index (χ1n) is 6.52. The van der Waals surface area contributed by atoms with Crippen LogP contribution < -0.4 is 5.32 Å². The second-order valence-electron chi connectivity index (χ2n) is 5.21. The first kappa shape index (κ1) is 13.0. The maximum atomic E-state index is 6.12. The van der Waals surface area contributed by atoms with E-state index in [0.29, 0.717) is 18.2 Å². The Bertz CT molecular complexity index is 170. The highest BCUT2D eigenvalue weighted by molar-refractivity contribution is 4.84. The van der Waals surface area contributed by atoms with Gasteiger partial charge in [0.1, 0.15) is 0 Å². The molecule has 0 aliphatic heterocycles. The van der Waals surface area contributed by atoms with Crippen LogP contribution in [0.1, 0.15) is 53.4 Å². The number of rotatable bonds is 6. The number of hydrogen-bond donors (Lipinski definition) is 1. The minimum atomic E-state index is 0.411. The molecule has 90 valence electrons. The molecule has 0 aromatic rings. The first-order valence-corrected chi connectivity index (χ1v) is 6.52. The van der Waals surface area contributed by atoms with Crippen LogP contribution in [0.25, 0.3) is 0 Å². The van der Waals surface area contributed by atoms with Crippen LogP contribution in [0.5, 0.6) is 0 Å². The van der Waals surface area contributed by atoms with Crippen molar-refractivity contribution in [2.75, 3.05) is 6.54 Å². The van der Waals surface area contributed by atoms with Crippen LogP contribution in [0.2, 0.25) is 0 Å². The lowest BCUT2D eigenvalue weighted by Gasteiger charge is -2.25. The number of nitrogens with one attached hydrogen (secondary N) is 1. The zero-order chi connectivity index (χ0) is 11.3. The third-order valence-electron chi connectivity index (χ3n) is 3.13. The lowest BCUT2D eigenvalue weighted by molar-refractivity contribution is -0.0204. The number of likely N-dealkylation sites (N-methyl/N-ethyl adjacent to an activating group) is 1. The highest BCUT2D eigenvalue weighted by atomic mass is 16.5. The van der Waals surface area contributed by atoms with Crippen LogP contribution in [0, 0.1) is 5.92 Å². The van der Waals surface area contributed by atoms with Gasteiger partial charge in [-0.25, -0.2) is 0 Å². The van der Waals surface area contributed by atoms with E-state index in [9.17, 15) is 0 Å². The summed E-state index contributed by atoms with van der Waals surface area (Å²) in [6.45, 7) is 9.96. The molecule has 0 radical (unpaired) electrons. The molecular formula is C13H27NO. The Morgan fingerprint density at radius 3 is 2.60 bits per heavy atom. The van der Waals surface area contributed by atoms with Crippen molar-refractivity contribution in [2.45, 2.75) is 71.6 Å². The Kier molecular flexibility index (Phi) is 5.62. The van der Waals surface area contributed by atoms with E-state index in [0.717, 1.165) is 12.5 Å². The third-order valence-corrected chi connectivity index (χ3v) is 3.13.